The molecule has 0 fully saturated rings. The maximum Gasteiger partial charge on any atom is 0.472 e. The molecule has 0 aromatic rings. The van der Waals surface area contributed by atoms with Crippen molar-refractivity contribution in [2.45, 2.75) is 316 Å². The van der Waals surface area contributed by atoms with Crippen molar-refractivity contribution in [1.29, 1.82) is 0 Å². The van der Waals surface area contributed by atoms with Crippen molar-refractivity contribution in [2.24, 2.45) is 0 Å². The summed E-state index contributed by atoms with van der Waals surface area (Å²) < 4.78 is 68.2. The molecule has 5 unspecified atom stereocenters. The lowest BCUT2D eigenvalue weighted by Crippen LogP contribution is -2.30. The summed E-state index contributed by atoms with van der Waals surface area (Å²) in [7, 11) is -9.98. The number of rotatable bonds is 70. The zero-order valence-corrected chi connectivity index (χ0v) is 63.0. The number of phosphoric ester groups is 2. The summed E-state index contributed by atoms with van der Waals surface area (Å²) in [5, 5.41) is 10.6. The van der Waals surface area contributed by atoms with Crippen LogP contribution in [0.5, 0.6) is 0 Å². The molecule has 98 heavy (non-hydrogen) atoms. The third-order valence-electron chi connectivity index (χ3n) is 15.4. The van der Waals surface area contributed by atoms with Crippen molar-refractivity contribution in [3.05, 3.63) is 122 Å². The van der Waals surface area contributed by atoms with Crippen molar-refractivity contribution in [3.8, 4) is 0 Å². The van der Waals surface area contributed by atoms with Gasteiger partial charge in [0, 0.05) is 19.3 Å². The second kappa shape index (κ2) is 70.9. The highest BCUT2D eigenvalue weighted by Gasteiger charge is 2.30. The van der Waals surface area contributed by atoms with E-state index >= 15 is 0 Å². The van der Waals surface area contributed by atoms with Gasteiger partial charge in [-0.2, -0.15) is 0 Å². The number of unbranched alkanes of at least 4 members (excludes halogenated alkanes) is 25. The zero-order valence-electron chi connectivity index (χ0n) is 61.2. The largest absolute Gasteiger partial charge is 0.472 e. The second-order valence-electron chi connectivity index (χ2n) is 24.9. The highest BCUT2D eigenvalue weighted by Crippen LogP contribution is 2.45. The Morgan fingerprint density at radius 1 is 0.306 bits per heavy atom. The molecular formula is C79H134O17P2. The van der Waals surface area contributed by atoms with Crippen LogP contribution in [0.15, 0.2) is 122 Å². The molecule has 0 aliphatic carbocycles. The van der Waals surface area contributed by atoms with E-state index in [-0.39, 0.29) is 25.7 Å². The molecule has 0 spiro atoms. The molecule has 17 nitrogen and oxygen atoms in total. The van der Waals surface area contributed by atoms with Gasteiger partial charge < -0.3 is 33.8 Å². The number of phosphoric acid groups is 2. The summed E-state index contributed by atoms with van der Waals surface area (Å²) in [5.74, 6) is -2.35. The molecule has 0 rings (SSSR count). The van der Waals surface area contributed by atoms with Gasteiger partial charge in [-0.1, -0.05) is 278 Å². The molecule has 3 N–H and O–H groups in total. The third kappa shape index (κ3) is 69.9. The van der Waals surface area contributed by atoms with Gasteiger partial charge in [0.15, 0.2) is 12.2 Å². The van der Waals surface area contributed by atoms with Crippen molar-refractivity contribution in [2.75, 3.05) is 39.6 Å². The van der Waals surface area contributed by atoms with Crippen LogP contribution in [0.4, 0.5) is 0 Å². The smallest absolute Gasteiger partial charge is 0.462 e. The number of hydrogen-bond donors (Lipinski definition) is 3. The third-order valence-corrected chi connectivity index (χ3v) is 17.3. The number of esters is 4. The van der Waals surface area contributed by atoms with E-state index in [1.165, 1.54) is 57.8 Å². The Bertz CT molecular complexity index is 2340. The first-order chi connectivity index (χ1) is 47.7. The molecule has 0 saturated heterocycles. The van der Waals surface area contributed by atoms with Gasteiger partial charge in [0.2, 0.25) is 0 Å². The number of allylic oxidation sites excluding steroid dienone is 19. The fourth-order valence-corrected chi connectivity index (χ4v) is 11.3. The van der Waals surface area contributed by atoms with Crippen LogP contribution in [0.1, 0.15) is 297 Å². The van der Waals surface area contributed by atoms with Crippen LogP contribution >= 0.6 is 15.6 Å². The lowest BCUT2D eigenvalue weighted by Gasteiger charge is -2.21. The molecule has 0 aromatic heterocycles. The standard InChI is InChI=1S/C79H134O17P2/c1-5-9-13-17-21-25-29-32-34-35-36-37-39-42-45-48-52-56-60-64-77(82)90-70-75(96-79(84)66-62-58-54-50-46-40-31-27-23-19-15-11-7-3)72-94-98(87,88)92-68-73(80)67-91-97(85,86)93-71-74(95-78(83)65-61-57-53-49-43-28-24-20-16-12-8-4)69-89-76(81)63-59-55-51-47-44-41-38-33-30-26-22-18-14-10-6-2/h10,14-15,19,21-22,25-27,31-34,36-38,44,47,55,59,73-75,80H,5-9,11-13,16-18,20,23-24,28-30,35,39-43,45-46,48-54,56-58,60-72H2,1-4H3,(H,85,86)(H,87,88)/b14-10-,19-15-,25-21-,26-22-,31-27-,34-32-,37-36-,38-33-,47-44-,59-55-. The number of ether oxygens (including phenoxy) is 4. The normalized spacial score (nSPS) is 14.6. The van der Waals surface area contributed by atoms with Gasteiger partial charge >= 0.3 is 39.5 Å². The average Bonchev–Trinajstić information content (AvgIpc) is 1.94. The van der Waals surface area contributed by atoms with Crippen LogP contribution in [-0.2, 0) is 65.4 Å². The summed E-state index contributed by atoms with van der Waals surface area (Å²) in [5.41, 5.74) is 0. The van der Waals surface area contributed by atoms with Crippen molar-refractivity contribution < 1.29 is 80.2 Å². The second-order valence-corrected chi connectivity index (χ2v) is 27.8. The fraction of sp³-hybridized carbons (Fsp3) is 0.696. The van der Waals surface area contributed by atoms with E-state index in [1.807, 2.05) is 18.2 Å². The monoisotopic (exact) mass is 1420 g/mol. The number of carbonyl (C=O) groups excluding carboxylic acids is 4. The van der Waals surface area contributed by atoms with Crippen LogP contribution in [-0.4, -0.2) is 96.7 Å². The summed E-state index contributed by atoms with van der Waals surface area (Å²) in [4.78, 5) is 72.7. The van der Waals surface area contributed by atoms with Gasteiger partial charge in [-0.15, -0.1) is 0 Å². The summed E-state index contributed by atoms with van der Waals surface area (Å²) >= 11 is 0. The van der Waals surface area contributed by atoms with Gasteiger partial charge in [-0.25, -0.2) is 9.13 Å². The number of aliphatic hydroxyl groups is 1. The van der Waals surface area contributed by atoms with Gasteiger partial charge in [0.25, 0.3) is 0 Å². The van der Waals surface area contributed by atoms with Gasteiger partial charge in [0.05, 0.1) is 32.8 Å². The Labute approximate surface area is 593 Å². The maximum absolute atomic E-state index is 13.1. The topological polar surface area (TPSA) is 237 Å². The van der Waals surface area contributed by atoms with E-state index in [9.17, 15) is 43.2 Å². The van der Waals surface area contributed by atoms with Crippen LogP contribution in [0.25, 0.3) is 0 Å². The lowest BCUT2D eigenvalue weighted by atomic mass is 10.1. The minimum atomic E-state index is -4.99. The van der Waals surface area contributed by atoms with Crippen molar-refractivity contribution in [1.82, 2.24) is 0 Å². The molecular weight excluding hydrogens is 1280 g/mol. The molecule has 0 aliphatic rings. The predicted octanol–water partition coefficient (Wildman–Crippen LogP) is 21.6. The van der Waals surface area contributed by atoms with Gasteiger partial charge in [0.1, 0.15) is 19.3 Å². The molecule has 0 aliphatic heterocycles. The quantitative estimate of drug-likeness (QED) is 0.0169. The molecule has 0 aromatic carbocycles. The Balaban J connectivity index is 5.38. The number of carbonyl (C=O) groups is 4. The van der Waals surface area contributed by atoms with Crippen LogP contribution in [0.2, 0.25) is 0 Å². The molecule has 0 radical (unpaired) electrons. The van der Waals surface area contributed by atoms with Gasteiger partial charge in [-0.05, 0) is 116 Å². The van der Waals surface area contributed by atoms with E-state index in [0.717, 1.165) is 161 Å². The minimum Gasteiger partial charge on any atom is -0.462 e. The molecule has 19 heteroatoms. The van der Waals surface area contributed by atoms with Gasteiger partial charge in [-0.3, -0.25) is 37.3 Å². The molecule has 0 bridgehead atoms. The SMILES string of the molecule is CC/C=C\C/C=C\C/C=C\C/C=C\C/C=C\CC(=O)OCC(COP(=O)(O)OCC(O)COP(=O)(O)OCC(COC(=O)CCCCCCCC/C=C\C/C=C\C/C=C\CCCCC)OC(=O)CCCCCCC/C=C\C/C=C\CCC)OC(=O)CCCCCCCCCCCCC. The first-order valence-corrected chi connectivity index (χ1v) is 40.8. The highest BCUT2D eigenvalue weighted by atomic mass is 31.2. The molecule has 0 amide bonds. The summed E-state index contributed by atoms with van der Waals surface area (Å²) in [6.45, 7) is 4.51. The number of aliphatic hydroxyl groups excluding tert-OH is 1. The van der Waals surface area contributed by atoms with E-state index in [1.54, 1.807) is 6.08 Å². The molecule has 0 saturated carbocycles. The molecule has 562 valence electrons. The summed E-state index contributed by atoms with van der Waals surface area (Å²) in [6, 6.07) is 0. The molecule has 0 heterocycles. The zero-order chi connectivity index (χ0) is 71.8. The minimum absolute atomic E-state index is 0.0709. The maximum atomic E-state index is 13.1. The van der Waals surface area contributed by atoms with E-state index in [2.05, 4.69) is 125 Å². The van der Waals surface area contributed by atoms with E-state index < -0.39 is 97.5 Å². The Hall–Kier alpha value is -4.54. The van der Waals surface area contributed by atoms with Crippen molar-refractivity contribution >= 4 is 39.5 Å². The van der Waals surface area contributed by atoms with E-state index in [4.69, 9.17) is 37.0 Å². The average molecular weight is 1420 g/mol. The fourth-order valence-electron chi connectivity index (χ4n) is 9.69. The number of hydrogen-bond acceptors (Lipinski definition) is 15. The Kier molecular flexibility index (Phi) is 67.6. The molecule has 5 atom stereocenters. The first kappa shape index (κ1) is 93.5. The predicted molar refractivity (Wildman–Crippen MR) is 399 cm³/mol. The van der Waals surface area contributed by atoms with Crippen LogP contribution in [0.3, 0.4) is 0 Å². The summed E-state index contributed by atoms with van der Waals surface area (Å²) in [6.07, 6.45) is 76.6. The van der Waals surface area contributed by atoms with Crippen LogP contribution < -0.4 is 0 Å². The van der Waals surface area contributed by atoms with Crippen molar-refractivity contribution in [3.63, 3.8) is 0 Å². The highest BCUT2D eigenvalue weighted by molar-refractivity contribution is 7.47. The Morgan fingerprint density at radius 3 is 0.969 bits per heavy atom. The lowest BCUT2D eigenvalue weighted by molar-refractivity contribution is -0.161. The van der Waals surface area contributed by atoms with E-state index in [0.29, 0.717) is 25.7 Å². The first-order valence-electron chi connectivity index (χ1n) is 37.8. The Morgan fingerprint density at radius 2 is 0.592 bits per heavy atom. The van der Waals surface area contributed by atoms with Crippen LogP contribution in [0, 0.1) is 0 Å².